The van der Waals surface area contributed by atoms with Gasteiger partial charge in [-0.3, -0.25) is 9.59 Å². The summed E-state index contributed by atoms with van der Waals surface area (Å²) in [6.07, 6.45) is 0. The van der Waals surface area contributed by atoms with Gasteiger partial charge in [-0.1, -0.05) is 69.3 Å². The van der Waals surface area contributed by atoms with E-state index in [0.717, 1.165) is 22.3 Å². The second-order valence-corrected chi connectivity index (χ2v) is 8.31. The number of carbonyl (C=O) groups excluding carboxylic acids is 1. The highest BCUT2D eigenvalue weighted by molar-refractivity contribution is 5.95. The van der Waals surface area contributed by atoms with E-state index in [0.29, 0.717) is 0 Å². The van der Waals surface area contributed by atoms with Crippen LogP contribution >= 0.6 is 0 Å². The first-order valence-corrected chi connectivity index (χ1v) is 9.50. The summed E-state index contributed by atoms with van der Waals surface area (Å²) in [5, 5.41) is 12.7. The van der Waals surface area contributed by atoms with Crippen molar-refractivity contribution >= 4 is 11.9 Å². The Morgan fingerprint density at radius 3 is 1.96 bits per heavy atom. The van der Waals surface area contributed by atoms with Crippen LogP contribution in [0.15, 0.2) is 48.5 Å². The zero-order valence-electron chi connectivity index (χ0n) is 16.7. The van der Waals surface area contributed by atoms with E-state index < -0.39 is 29.3 Å². The molecule has 2 aromatic rings. The molecule has 0 saturated carbocycles. The number of rotatable bonds is 6. The minimum Gasteiger partial charge on any atom is -0.481 e. The number of hydrogen-bond acceptors (Lipinski definition) is 4. The van der Waals surface area contributed by atoms with Gasteiger partial charge in [-0.25, -0.2) is 0 Å². The maximum atomic E-state index is 12.8. The van der Waals surface area contributed by atoms with Crippen LogP contribution in [0.4, 0.5) is 0 Å². The van der Waals surface area contributed by atoms with Crippen LogP contribution in [-0.4, -0.2) is 36.7 Å². The van der Waals surface area contributed by atoms with Gasteiger partial charge in [-0.05, 0) is 34.7 Å². The maximum absolute atomic E-state index is 12.8. The van der Waals surface area contributed by atoms with E-state index in [4.69, 9.17) is 4.74 Å². The number of esters is 1. The topological polar surface area (TPSA) is 75.6 Å². The van der Waals surface area contributed by atoms with Crippen molar-refractivity contribution in [3.63, 3.8) is 0 Å². The van der Waals surface area contributed by atoms with Gasteiger partial charge >= 0.3 is 11.9 Å². The first-order chi connectivity index (χ1) is 13.3. The van der Waals surface area contributed by atoms with Gasteiger partial charge in [0.1, 0.15) is 6.61 Å². The van der Waals surface area contributed by atoms with Gasteiger partial charge in [0.25, 0.3) is 0 Å². The molecule has 148 valence electrons. The van der Waals surface area contributed by atoms with Crippen LogP contribution in [0.25, 0.3) is 11.1 Å². The molecular weight excluding hydrogens is 354 g/mol. The summed E-state index contributed by atoms with van der Waals surface area (Å²) in [6.45, 7) is 5.83. The number of fused-ring (bicyclic) bond motifs is 3. The molecule has 1 unspecified atom stereocenters. The molecule has 5 heteroatoms. The van der Waals surface area contributed by atoms with E-state index in [1.807, 2.05) is 57.2 Å². The van der Waals surface area contributed by atoms with Crippen molar-refractivity contribution in [2.45, 2.75) is 32.7 Å². The average molecular weight is 381 g/mol. The van der Waals surface area contributed by atoms with Crippen LogP contribution in [0.2, 0.25) is 0 Å². The molecule has 0 aromatic heterocycles. The fourth-order valence-electron chi connectivity index (χ4n) is 4.17. The number of nitrogens with one attached hydrogen (secondary N) is 1. The van der Waals surface area contributed by atoms with Crippen LogP contribution in [0.3, 0.4) is 0 Å². The Balaban J connectivity index is 1.83. The average Bonchev–Trinajstić information content (AvgIpc) is 2.96. The van der Waals surface area contributed by atoms with E-state index in [1.54, 1.807) is 7.05 Å². The lowest BCUT2D eigenvalue weighted by Crippen LogP contribution is -2.51. The quantitative estimate of drug-likeness (QED) is 0.590. The van der Waals surface area contributed by atoms with Crippen molar-refractivity contribution in [1.82, 2.24) is 5.32 Å². The molecule has 0 aliphatic heterocycles. The van der Waals surface area contributed by atoms with Crippen molar-refractivity contribution in [3.8, 4) is 11.1 Å². The minimum absolute atomic E-state index is 0.0894. The fourth-order valence-corrected chi connectivity index (χ4v) is 4.17. The molecule has 5 nitrogen and oxygen atoms in total. The number of aliphatic carboxylic acids is 1. The molecule has 0 heterocycles. The molecule has 0 bridgehead atoms. The van der Waals surface area contributed by atoms with Gasteiger partial charge in [-0.15, -0.1) is 0 Å². The van der Waals surface area contributed by atoms with Crippen molar-refractivity contribution in [1.29, 1.82) is 0 Å². The predicted octanol–water partition coefficient (Wildman–Crippen LogP) is 3.68. The summed E-state index contributed by atoms with van der Waals surface area (Å²) < 4.78 is 5.58. The molecule has 28 heavy (non-hydrogen) atoms. The molecule has 2 aromatic carbocycles. The van der Waals surface area contributed by atoms with Crippen LogP contribution in [0.5, 0.6) is 0 Å². The standard InChI is InChI=1S/C23H27NO4/c1-23(2,3)20(24-4)19(21(25)26)22(27)28-13-18-16-11-7-5-9-14(16)15-10-6-8-12-17(15)18/h5-12,18-20,24H,13H2,1-4H3,(H,25,26)/t19?,20-/m1/s1. The predicted molar refractivity (Wildman–Crippen MR) is 108 cm³/mol. The highest BCUT2D eigenvalue weighted by Crippen LogP contribution is 2.44. The second kappa shape index (κ2) is 7.76. The smallest absolute Gasteiger partial charge is 0.322 e. The summed E-state index contributed by atoms with van der Waals surface area (Å²) >= 11 is 0. The SMILES string of the molecule is CN[C@H](C(C(=O)O)C(=O)OCC1c2ccccc2-c2ccccc21)C(C)(C)C. The third-order valence-electron chi connectivity index (χ3n) is 5.45. The van der Waals surface area contributed by atoms with Crippen molar-refractivity contribution < 1.29 is 19.4 Å². The molecule has 0 spiro atoms. The Kier molecular flexibility index (Phi) is 5.57. The lowest BCUT2D eigenvalue weighted by atomic mass is 9.79. The lowest BCUT2D eigenvalue weighted by molar-refractivity contribution is -0.162. The number of carbonyl (C=O) groups is 2. The van der Waals surface area contributed by atoms with E-state index >= 15 is 0 Å². The summed E-state index contributed by atoms with van der Waals surface area (Å²) in [4.78, 5) is 24.6. The molecule has 2 N–H and O–H groups in total. The summed E-state index contributed by atoms with van der Waals surface area (Å²) in [6, 6.07) is 15.6. The number of ether oxygens (including phenoxy) is 1. The normalized spacial score (nSPS) is 15.4. The van der Waals surface area contributed by atoms with E-state index in [-0.39, 0.29) is 12.5 Å². The zero-order chi connectivity index (χ0) is 20.5. The highest BCUT2D eigenvalue weighted by Gasteiger charge is 2.42. The molecule has 0 fully saturated rings. The summed E-state index contributed by atoms with van der Waals surface area (Å²) in [5.41, 5.74) is 4.06. The molecule has 0 radical (unpaired) electrons. The monoisotopic (exact) mass is 381 g/mol. The Hall–Kier alpha value is -2.66. The number of carboxylic acids is 1. The van der Waals surface area contributed by atoms with Crippen LogP contribution in [0.1, 0.15) is 37.8 Å². The Morgan fingerprint density at radius 2 is 1.54 bits per heavy atom. The fraction of sp³-hybridized carbons (Fsp3) is 0.391. The molecule has 1 aliphatic rings. The third-order valence-corrected chi connectivity index (χ3v) is 5.45. The Labute approximate surface area is 165 Å². The van der Waals surface area contributed by atoms with Crippen LogP contribution in [-0.2, 0) is 14.3 Å². The third kappa shape index (κ3) is 3.67. The molecular formula is C23H27NO4. The van der Waals surface area contributed by atoms with Crippen molar-refractivity contribution in [2.75, 3.05) is 13.7 Å². The van der Waals surface area contributed by atoms with Crippen molar-refractivity contribution in [2.24, 2.45) is 11.3 Å². The molecule has 0 amide bonds. The zero-order valence-corrected chi connectivity index (χ0v) is 16.7. The first-order valence-electron chi connectivity index (χ1n) is 9.50. The number of hydrogen-bond donors (Lipinski definition) is 2. The van der Waals surface area contributed by atoms with Gasteiger partial charge < -0.3 is 15.2 Å². The van der Waals surface area contributed by atoms with Crippen LogP contribution in [0, 0.1) is 11.3 Å². The van der Waals surface area contributed by atoms with Gasteiger partial charge in [0.05, 0.1) is 0 Å². The number of carboxylic acid groups (broad SMARTS) is 1. The summed E-state index contributed by atoms with van der Waals surface area (Å²) in [5.74, 6) is -3.24. The largest absolute Gasteiger partial charge is 0.481 e. The summed E-state index contributed by atoms with van der Waals surface area (Å²) in [7, 11) is 1.67. The minimum atomic E-state index is -1.27. The highest BCUT2D eigenvalue weighted by atomic mass is 16.5. The first kappa shape index (κ1) is 20.1. The van der Waals surface area contributed by atoms with Gasteiger partial charge in [0, 0.05) is 12.0 Å². The van der Waals surface area contributed by atoms with Crippen LogP contribution < -0.4 is 5.32 Å². The van der Waals surface area contributed by atoms with E-state index in [1.165, 1.54) is 0 Å². The van der Waals surface area contributed by atoms with E-state index in [9.17, 15) is 14.7 Å². The maximum Gasteiger partial charge on any atom is 0.322 e. The van der Waals surface area contributed by atoms with Gasteiger partial charge in [0.15, 0.2) is 5.92 Å². The van der Waals surface area contributed by atoms with E-state index in [2.05, 4.69) is 17.4 Å². The second-order valence-electron chi connectivity index (χ2n) is 8.31. The Bertz CT molecular complexity index is 839. The Morgan fingerprint density at radius 1 is 1.04 bits per heavy atom. The molecule has 0 saturated heterocycles. The molecule has 1 aliphatic carbocycles. The lowest BCUT2D eigenvalue weighted by Gasteiger charge is -2.33. The number of benzene rings is 2. The molecule has 3 rings (SSSR count). The molecule has 2 atom stereocenters. The van der Waals surface area contributed by atoms with Gasteiger partial charge in [-0.2, -0.15) is 0 Å². The van der Waals surface area contributed by atoms with Gasteiger partial charge in [0.2, 0.25) is 0 Å². The van der Waals surface area contributed by atoms with Crippen molar-refractivity contribution in [3.05, 3.63) is 59.7 Å².